The highest BCUT2D eigenvalue weighted by Crippen LogP contribution is 2.22. The lowest BCUT2D eigenvalue weighted by Gasteiger charge is -2.05. The first-order chi connectivity index (χ1) is 10.9. The van der Waals surface area contributed by atoms with Crippen molar-refractivity contribution in [1.29, 1.82) is 0 Å². The van der Waals surface area contributed by atoms with Crippen molar-refractivity contribution in [3.63, 3.8) is 0 Å². The van der Waals surface area contributed by atoms with Gasteiger partial charge >= 0.3 is 11.9 Å². The van der Waals surface area contributed by atoms with E-state index in [1.807, 2.05) is 24.3 Å². The highest BCUT2D eigenvalue weighted by molar-refractivity contribution is 5.77. The van der Waals surface area contributed by atoms with Gasteiger partial charge in [0.1, 0.15) is 11.5 Å². The fourth-order valence-corrected chi connectivity index (χ4v) is 1.93. The van der Waals surface area contributed by atoms with Gasteiger partial charge in [0.05, 0.1) is 0 Å². The predicted molar refractivity (Wildman–Crippen MR) is 88.8 cm³/mol. The van der Waals surface area contributed by atoms with Crippen LogP contribution in [0.5, 0.6) is 11.5 Å². The van der Waals surface area contributed by atoms with Crippen LogP contribution in [0.25, 0.3) is 12.2 Å². The third-order valence-corrected chi connectivity index (χ3v) is 2.92. The average Bonchev–Trinajstić information content (AvgIpc) is 2.47. The summed E-state index contributed by atoms with van der Waals surface area (Å²) in [4.78, 5) is 21.8. The maximum Gasteiger partial charge on any atom is 0.308 e. The molecule has 2 rings (SSSR count). The van der Waals surface area contributed by atoms with Gasteiger partial charge in [-0.15, -0.1) is 0 Å². The van der Waals surface area contributed by atoms with Crippen molar-refractivity contribution in [1.82, 2.24) is 0 Å². The number of nitrogen functional groups attached to an aromatic ring is 1. The maximum absolute atomic E-state index is 10.9. The number of esters is 2. The Morgan fingerprint density at radius 3 is 2.00 bits per heavy atom. The molecule has 2 aromatic rings. The van der Waals surface area contributed by atoms with Crippen LogP contribution < -0.4 is 15.2 Å². The molecule has 2 N–H and O–H groups in total. The smallest absolute Gasteiger partial charge is 0.308 e. The third-order valence-electron chi connectivity index (χ3n) is 2.92. The highest BCUT2D eigenvalue weighted by atomic mass is 16.5. The van der Waals surface area contributed by atoms with Crippen molar-refractivity contribution in [2.45, 2.75) is 13.8 Å². The van der Waals surface area contributed by atoms with Crippen molar-refractivity contribution in [3.05, 3.63) is 53.6 Å². The molecule has 0 saturated heterocycles. The number of carbonyl (C=O) groups is 2. The summed E-state index contributed by atoms with van der Waals surface area (Å²) >= 11 is 0. The Labute approximate surface area is 134 Å². The van der Waals surface area contributed by atoms with Gasteiger partial charge in [-0.25, -0.2) is 0 Å². The lowest BCUT2D eigenvalue weighted by atomic mass is 10.1. The number of ether oxygens (including phenoxy) is 2. The van der Waals surface area contributed by atoms with Crippen molar-refractivity contribution in [3.8, 4) is 11.5 Å². The average molecular weight is 311 g/mol. The zero-order valence-electron chi connectivity index (χ0n) is 12.9. The number of hydrogen-bond donors (Lipinski definition) is 1. The van der Waals surface area contributed by atoms with Gasteiger partial charge in [0.25, 0.3) is 0 Å². The molecule has 0 spiro atoms. The summed E-state index contributed by atoms with van der Waals surface area (Å²) in [5.41, 5.74) is 8.20. The monoisotopic (exact) mass is 311 g/mol. The molecule has 118 valence electrons. The van der Waals surface area contributed by atoms with E-state index in [9.17, 15) is 9.59 Å². The van der Waals surface area contributed by atoms with Crippen molar-refractivity contribution in [2.75, 3.05) is 5.73 Å². The molecule has 0 saturated carbocycles. The molecule has 0 atom stereocenters. The minimum atomic E-state index is -0.388. The normalized spacial score (nSPS) is 10.5. The lowest BCUT2D eigenvalue weighted by Crippen LogP contribution is -2.02. The number of rotatable bonds is 4. The summed E-state index contributed by atoms with van der Waals surface area (Å²) in [5.74, 6) is 0.173. The van der Waals surface area contributed by atoms with Gasteiger partial charge in [0, 0.05) is 25.6 Å². The summed E-state index contributed by atoms with van der Waals surface area (Å²) in [6.45, 7) is 2.69. The number of anilines is 1. The molecule has 0 aliphatic heterocycles. The minimum absolute atomic E-state index is 0.353. The Bertz CT molecular complexity index is 748. The molecule has 0 unspecified atom stereocenters. The Hall–Kier alpha value is -3.08. The van der Waals surface area contributed by atoms with E-state index >= 15 is 0 Å². The van der Waals surface area contributed by atoms with Crippen LogP contribution in [0.2, 0.25) is 0 Å². The SMILES string of the molecule is CC(=O)Oc1ccc(C=Cc2ccc(OC(C)=O)cc2N)cc1. The second-order valence-electron chi connectivity index (χ2n) is 4.88. The van der Waals surface area contributed by atoms with Crippen LogP contribution >= 0.6 is 0 Å². The molecule has 0 aromatic heterocycles. The standard InChI is InChI=1S/C18H17NO4/c1-12(20)22-16-8-4-14(5-9-16)3-6-15-7-10-17(11-18(15)19)23-13(2)21/h3-11H,19H2,1-2H3. The first-order valence-corrected chi connectivity index (χ1v) is 6.98. The van der Waals surface area contributed by atoms with Crippen molar-refractivity contribution >= 4 is 29.8 Å². The summed E-state index contributed by atoms with van der Waals surface area (Å²) in [5, 5.41) is 0. The van der Waals surface area contributed by atoms with E-state index < -0.39 is 0 Å². The van der Waals surface area contributed by atoms with Crippen LogP contribution in [0, 0.1) is 0 Å². The second kappa shape index (κ2) is 7.26. The van der Waals surface area contributed by atoms with E-state index in [2.05, 4.69) is 0 Å². The summed E-state index contributed by atoms with van der Waals surface area (Å²) < 4.78 is 9.94. The molecule has 0 aliphatic carbocycles. The second-order valence-corrected chi connectivity index (χ2v) is 4.88. The van der Waals surface area contributed by atoms with E-state index in [4.69, 9.17) is 15.2 Å². The quantitative estimate of drug-likeness (QED) is 0.406. The molecular formula is C18H17NO4. The van der Waals surface area contributed by atoms with Crippen LogP contribution in [-0.4, -0.2) is 11.9 Å². The van der Waals surface area contributed by atoms with Crippen LogP contribution in [0.4, 0.5) is 5.69 Å². The lowest BCUT2D eigenvalue weighted by molar-refractivity contribution is -0.132. The summed E-state index contributed by atoms with van der Waals surface area (Å²) in [7, 11) is 0. The topological polar surface area (TPSA) is 78.6 Å². The van der Waals surface area contributed by atoms with Gasteiger partial charge in [-0.3, -0.25) is 9.59 Å². The van der Waals surface area contributed by atoms with Crippen LogP contribution in [0.1, 0.15) is 25.0 Å². The molecule has 0 aliphatic rings. The Kier molecular flexibility index (Phi) is 5.15. The number of nitrogens with two attached hydrogens (primary N) is 1. The molecule has 5 nitrogen and oxygen atoms in total. The number of benzene rings is 2. The molecule has 0 amide bonds. The zero-order valence-corrected chi connectivity index (χ0v) is 12.9. The Morgan fingerprint density at radius 2 is 1.43 bits per heavy atom. The Morgan fingerprint density at radius 1 is 0.870 bits per heavy atom. The van der Waals surface area contributed by atoms with E-state index in [-0.39, 0.29) is 11.9 Å². The van der Waals surface area contributed by atoms with Gasteiger partial charge < -0.3 is 15.2 Å². The van der Waals surface area contributed by atoms with Crippen LogP contribution in [0.15, 0.2) is 42.5 Å². The maximum atomic E-state index is 10.9. The Balaban J connectivity index is 2.10. The molecule has 0 fully saturated rings. The molecule has 0 radical (unpaired) electrons. The molecule has 5 heteroatoms. The first kappa shape index (κ1) is 16.3. The van der Waals surface area contributed by atoms with Crippen molar-refractivity contribution in [2.24, 2.45) is 0 Å². The van der Waals surface area contributed by atoms with Gasteiger partial charge in [-0.2, -0.15) is 0 Å². The first-order valence-electron chi connectivity index (χ1n) is 6.98. The van der Waals surface area contributed by atoms with Gasteiger partial charge in [-0.05, 0) is 35.4 Å². The number of hydrogen-bond acceptors (Lipinski definition) is 5. The van der Waals surface area contributed by atoms with E-state index in [1.165, 1.54) is 13.8 Å². The molecule has 0 bridgehead atoms. The fraction of sp³-hybridized carbons (Fsp3) is 0.111. The van der Waals surface area contributed by atoms with Gasteiger partial charge in [0.2, 0.25) is 0 Å². The van der Waals surface area contributed by atoms with Gasteiger partial charge in [-0.1, -0.05) is 24.3 Å². The third kappa shape index (κ3) is 5.00. The number of carbonyl (C=O) groups excluding carboxylic acids is 2. The molecular weight excluding hydrogens is 294 g/mol. The largest absolute Gasteiger partial charge is 0.427 e. The van der Waals surface area contributed by atoms with Crippen LogP contribution in [-0.2, 0) is 9.59 Å². The minimum Gasteiger partial charge on any atom is -0.427 e. The fourth-order valence-electron chi connectivity index (χ4n) is 1.93. The van der Waals surface area contributed by atoms with E-state index in [1.54, 1.807) is 30.3 Å². The molecule has 2 aromatic carbocycles. The molecule has 23 heavy (non-hydrogen) atoms. The predicted octanol–water partition coefficient (Wildman–Crippen LogP) is 3.29. The summed E-state index contributed by atoms with van der Waals surface area (Å²) in [6.07, 6.45) is 3.74. The van der Waals surface area contributed by atoms with Gasteiger partial charge in [0.15, 0.2) is 0 Å². The highest BCUT2D eigenvalue weighted by Gasteiger charge is 2.02. The van der Waals surface area contributed by atoms with E-state index in [0.717, 1.165) is 11.1 Å². The zero-order chi connectivity index (χ0) is 16.8. The van der Waals surface area contributed by atoms with Crippen LogP contribution in [0.3, 0.4) is 0 Å². The van der Waals surface area contributed by atoms with Crippen molar-refractivity contribution < 1.29 is 19.1 Å². The van der Waals surface area contributed by atoms with E-state index in [0.29, 0.717) is 17.2 Å². The molecule has 0 heterocycles. The summed E-state index contributed by atoms with van der Waals surface area (Å²) in [6, 6.07) is 12.2.